The third kappa shape index (κ3) is 2.88. The summed E-state index contributed by atoms with van der Waals surface area (Å²) in [7, 11) is 1.42. The van der Waals surface area contributed by atoms with Crippen LogP contribution in [0, 0.1) is 5.82 Å². The van der Waals surface area contributed by atoms with E-state index < -0.39 is 23.6 Å². The fourth-order valence-corrected chi connectivity index (χ4v) is 3.54. The first kappa shape index (κ1) is 18.3. The van der Waals surface area contributed by atoms with E-state index in [0.29, 0.717) is 34.7 Å². The van der Waals surface area contributed by atoms with Gasteiger partial charge in [-0.15, -0.1) is 0 Å². The summed E-state index contributed by atoms with van der Waals surface area (Å²) in [4.78, 5) is 17.3. The minimum absolute atomic E-state index is 0.121. The quantitative estimate of drug-likeness (QED) is 0.650. The molecule has 0 fully saturated rings. The molecule has 0 spiro atoms. The number of benzene rings is 1. The topological polar surface area (TPSA) is 74.0 Å². The molecule has 2 N–H and O–H groups in total. The van der Waals surface area contributed by atoms with Crippen molar-refractivity contribution in [2.45, 2.75) is 32.1 Å². The van der Waals surface area contributed by atoms with Crippen molar-refractivity contribution in [1.29, 1.82) is 0 Å². The maximum Gasteiger partial charge on any atom is 0.432 e. The van der Waals surface area contributed by atoms with Gasteiger partial charge in [0.25, 0.3) is 5.91 Å². The lowest BCUT2D eigenvalue weighted by Gasteiger charge is -2.33. The van der Waals surface area contributed by atoms with E-state index in [2.05, 4.69) is 10.1 Å². The maximum absolute atomic E-state index is 14.3. The number of halogens is 4. The molecular formula is C18H16F4N4O2. The number of nitrogens with one attached hydrogen (secondary N) is 2. The van der Waals surface area contributed by atoms with Gasteiger partial charge >= 0.3 is 6.18 Å². The van der Waals surface area contributed by atoms with Gasteiger partial charge in [0, 0.05) is 47.8 Å². The number of H-pyrrole nitrogens is 2. The van der Waals surface area contributed by atoms with Crippen molar-refractivity contribution >= 4 is 16.8 Å². The molecule has 148 valence electrons. The number of alkyl halides is 3. The molecule has 6 nitrogen and oxygen atoms in total. The van der Waals surface area contributed by atoms with Crippen LogP contribution >= 0.6 is 0 Å². The summed E-state index contributed by atoms with van der Waals surface area (Å²) in [6, 6.07) is 3.33. The molecule has 1 aliphatic heterocycles. The summed E-state index contributed by atoms with van der Waals surface area (Å²) in [5.74, 6) is -0.760. The van der Waals surface area contributed by atoms with Crippen LogP contribution in [0.5, 0.6) is 5.75 Å². The monoisotopic (exact) mass is 396 g/mol. The number of amides is 1. The van der Waals surface area contributed by atoms with Gasteiger partial charge in [-0.05, 0) is 13.0 Å². The molecule has 0 radical (unpaired) electrons. The average molecular weight is 396 g/mol. The number of hydrogen-bond donors (Lipinski definition) is 2. The van der Waals surface area contributed by atoms with Gasteiger partial charge in [-0.2, -0.15) is 18.3 Å². The molecule has 0 saturated carbocycles. The number of carbonyl (C=O) groups excluding carboxylic acids is 1. The molecule has 28 heavy (non-hydrogen) atoms. The highest BCUT2D eigenvalue weighted by Gasteiger charge is 2.36. The van der Waals surface area contributed by atoms with Crippen molar-refractivity contribution in [2.24, 2.45) is 0 Å². The second-order valence-electron chi connectivity index (χ2n) is 6.76. The SMILES string of the molecule is COc1cc(F)c2[nH]c3c(c2c1)CN(C(=O)c1cc(C(F)(F)F)[nH]n1)[C@@H](C)C3. The van der Waals surface area contributed by atoms with Crippen molar-refractivity contribution in [2.75, 3.05) is 7.11 Å². The first-order valence-electron chi connectivity index (χ1n) is 8.49. The number of nitrogens with zero attached hydrogens (tertiary/aromatic N) is 2. The molecule has 1 amide bonds. The molecule has 1 atom stereocenters. The van der Waals surface area contributed by atoms with E-state index >= 15 is 0 Å². The summed E-state index contributed by atoms with van der Waals surface area (Å²) < 4.78 is 57.8. The molecule has 0 saturated heterocycles. The van der Waals surface area contributed by atoms with Crippen LogP contribution in [-0.2, 0) is 19.1 Å². The Bertz CT molecular complexity index is 1070. The molecule has 3 aromatic rings. The first-order valence-corrected chi connectivity index (χ1v) is 8.49. The minimum Gasteiger partial charge on any atom is -0.497 e. The van der Waals surface area contributed by atoms with Gasteiger partial charge < -0.3 is 14.6 Å². The molecule has 0 aliphatic carbocycles. The molecule has 3 heterocycles. The smallest absolute Gasteiger partial charge is 0.432 e. The van der Waals surface area contributed by atoms with E-state index in [9.17, 15) is 22.4 Å². The van der Waals surface area contributed by atoms with E-state index in [4.69, 9.17) is 4.74 Å². The Morgan fingerprint density at radius 1 is 1.32 bits per heavy atom. The zero-order valence-electron chi connectivity index (χ0n) is 14.9. The third-order valence-electron chi connectivity index (χ3n) is 4.99. The van der Waals surface area contributed by atoms with E-state index in [1.54, 1.807) is 13.0 Å². The van der Waals surface area contributed by atoms with Gasteiger partial charge in [0.15, 0.2) is 11.5 Å². The lowest BCUT2D eigenvalue weighted by molar-refractivity contribution is -0.141. The summed E-state index contributed by atoms with van der Waals surface area (Å²) in [6.45, 7) is 1.90. The number of aromatic nitrogens is 3. The Labute approximate surface area is 156 Å². The van der Waals surface area contributed by atoms with Crippen molar-refractivity contribution < 1.29 is 27.1 Å². The van der Waals surface area contributed by atoms with Gasteiger partial charge in [-0.3, -0.25) is 9.89 Å². The van der Waals surface area contributed by atoms with Crippen LogP contribution in [0.4, 0.5) is 17.6 Å². The van der Waals surface area contributed by atoms with Crippen LogP contribution in [-0.4, -0.2) is 39.1 Å². The number of methoxy groups -OCH3 is 1. The Hall–Kier alpha value is -3.04. The van der Waals surface area contributed by atoms with Gasteiger partial charge in [0.1, 0.15) is 11.4 Å². The predicted octanol–water partition coefficient (Wildman–Crippen LogP) is 3.64. The molecule has 10 heteroatoms. The van der Waals surface area contributed by atoms with Gasteiger partial charge in [0.2, 0.25) is 0 Å². The average Bonchev–Trinajstić information content (AvgIpc) is 3.25. The zero-order valence-corrected chi connectivity index (χ0v) is 14.9. The maximum atomic E-state index is 14.3. The number of ether oxygens (including phenoxy) is 1. The summed E-state index contributed by atoms with van der Waals surface area (Å²) >= 11 is 0. The Morgan fingerprint density at radius 2 is 2.07 bits per heavy atom. The number of carbonyl (C=O) groups is 1. The molecular weight excluding hydrogens is 380 g/mol. The summed E-state index contributed by atoms with van der Waals surface area (Å²) in [5.41, 5.74) is 0.417. The molecule has 4 rings (SSSR count). The van der Waals surface area contributed by atoms with Gasteiger partial charge in [-0.1, -0.05) is 0 Å². The molecule has 2 aromatic heterocycles. The molecule has 1 aromatic carbocycles. The second-order valence-corrected chi connectivity index (χ2v) is 6.76. The highest BCUT2D eigenvalue weighted by Crippen LogP contribution is 2.35. The van der Waals surface area contributed by atoms with Gasteiger partial charge in [0.05, 0.1) is 12.6 Å². The summed E-state index contributed by atoms with van der Waals surface area (Å²) in [5, 5.41) is 5.95. The van der Waals surface area contributed by atoms with Crippen LogP contribution in [0.15, 0.2) is 18.2 Å². The largest absolute Gasteiger partial charge is 0.497 e. The lowest BCUT2D eigenvalue weighted by atomic mass is 9.98. The number of fused-ring (bicyclic) bond motifs is 3. The van der Waals surface area contributed by atoms with Gasteiger partial charge in [-0.25, -0.2) is 4.39 Å². The van der Waals surface area contributed by atoms with Crippen molar-refractivity contribution in [1.82, 2.24) is 20.1 Å². The standard InChI is InChI=1S/C18H16F4N4O2/c1-8-3-13-11(10-4-9(28-2)5-12(19)16(10)23-13)7-26(8)17(27)14-6-15(25-24-14)18(20,21)22/h4-6,8,23H,3,7H2,1-2H3,(H,24,25)/t8-/m0/s1. The van der Waals surface area contributed by atoms with Crippen molar-refractivity contribution in [3.8, 4) is 5.75 Å². The number of hydrogen-bond acceptors (Lipinski definition) is 3. The molecule has 0 bridgehead atoms. The van der Waals surface area contributed by atoms with E-state index in [1.807, 2.05) is 5.10 Å². The molecule has 1 aliphatic rings. The lowest BCUT2D eigenvalue weighted by Crippen LogP contribution is -2.42. The van der Waals surface area contributed by atoms with Crippen LogP contribution < -0.4 is 4.74 Å². The van der Waals surface area contributed by atoms with Crippen LogP contribution in [0.25, 0.3) is 10.9 Å². The van der Waals surface area contributed by atoms with Crippen LogP contribution in [0.3, 0.4) is 0 Å². The Balaban J connectivity index is 1.71. The summed E-state index contributed by atoms with van der Waals surface area (Å²) in [6.07, 6.45) is -4.20. The van der Waals surface area contributed by atoms with Crippen LogP contribution in [0.2, 0.25) is 0 Å². The normalized spacial score (nSPS) is 17.1. The van der Waals surface area contributed by atoms with Crippen LogP contribution in [0.1, 0.15) is 34.4 Å². The number of aromatic amines is 2. The highest BCUT2D eigenvalue weighted by molar-refractivity contribution is 5.94. The molecule has 0 unspecified atom stereocenters. The highest BCUT2D eigenvalue weighted by atomic mass is 19.4. The van der Waals surface area contributed by atoms with Crippen molar-refractivity contribution in [3.63, 3.8) is 0 Å². The predicted molar refractivity (Wildman–Crippen MR) is 91.4 cm³/mol. The Morgan fingerprint density at radius 3 is 2.71 bits per heavy atom. The van der Waals surface area contributed by atoms with E-state index in [1.165, 1.54) is 18.1 Å². The fraction of sp³-hybridized carbons (Fsp3) is 0.333. The second kappa shape index (κ2) is 6.25. The van der Waals surface area contributed by atoms with E-state index in [0.717, 1.165) is 5.69 Å². The zero-order chi connectivity index (χ0) is 20.2. The fourth-order valence-electron chi connectivity index (χ4n) is 3.54. The Kier molecular flexibility index (Phi) is 4.09. The van der Waals surface area contributed by atoms with Crippen molar-refractivity contribution in [3.05, 3.63) is 46.7 Å². The first-order chi connectivity index (χ1) is 13.2. The number of rotatable bonds is 2. The third-order valence-corrected chi connectivity index (χ3v) is 4.99. The van der Waals surface area contributed by atoms with E-state index in [-0.39, 0.29) is 18.3 Å². The minimum atomic E-state index is -4.61.